The van der Waals surface area contributed by atoms with E-state index in [1.807, 2.05) is 30.5 Å². The molecular weight excluding hydrogens is 398 g/mol. The summed E-state index contributed by atoms with van der Waals surface area (Å²) in [6, 6.07) is 7.91. The Morgan fingerprint density at radius 1 is 1.32 bits per heavy atom. The second kappa shape index (κ2) is 10.5. The molecule has 2 amide bonds. The molecule has 2 heterocycles. The van der Waals surface area contributed by atoms with Crippen molar-refractivity contribution in [3.8, 4) is 0 Å². The summed E-state index contributed by atoms with van der Waals surface area (Å²) in [6.07, 6.45) is 4.27. The zero-order valence-corrected chi connectivity index (χ0v) is 18.2. The van der Waals surface area contributed by atoms with E-state index in [4.69, 9.17) is 4.74 Å². The molecule has 0 aliphatic carbocycles. The predicted molar refractivity (Wildman–Crippen MR) is 115 cm³/mol. The van der Waals surface area contributed by atoms with Gasteiger partial charge >= 0.3 is 0 Å². The number of halogens is 1. The molecule has 8 heteroatoms. The van der Waals surface area contributed by atoms with Crippen LogP contribution in [0.15, 0.2) is 29.2 Å². The van der Waals surface area contributed by atoms with Gasteiger partial charge in [-0.25, -0.2) is 0 Å². The van der Waals surface area contributed by atoms with Gasteiger partial charge in [0.1, 0.15) is 0 Å². The van der Waals surface area contributed by atoms with Gasteiger partial charge in [-0.15, -0.1) is 24.2 Å². The van der Waals surface area contributed by atoms with E-state index < -0.39 is 0 Å². The molecule has 2 aliphatic heterocycles. The molecule has 6 nitrogen and oxygen atoms in total. The van der Waals surface area contributed by atoms with Gasteiger partial charge in [0.15, 0.2) is 0 Å². The van der Waals surface area contributed by atoms with Crippen LogP contribution in [0, 0.1) is 11.3 Å². The zero-order valence-electron chi connectivity index (χ0n) is 16.5. The first-order valence-corrected chi connectivity index (χ1v) is 10.7. The van der Waals surface area contributed by atoms with Crippen molar-refractivity contribution in [1.82, 2.24) is 10.6 Å². The molecule has 1 atom stereocenters. The van der Waals surface area contributed by atoms with Crippen molar-refractivity contribution in [2.45, 2.75) is 24.2 Å². The van der Waals surface area contributed by atoms with Gasteiger partial charge in [-0.1, -0.05) is 0 Å². The number of anilines is 1. The van der Waals surface area contributed by atoms with Gasteiger partial charge in [-0.2, -0.15) is 0 Å². The third-order valence-electron chi connectivity index (χ3n) is 5.63. The van der Waals surface area contributed by atoms with Gasteiger partial charge in [0, 0.05) is 42.6 Å². The maximum atomic E-state index is 12.7. The number of benzene rings is 1. The van der Waals surface area contributed by atoms with Crippen molar-refractivity contribution in [1.29, 1.82) is 0 Å². The molecule has 2 aliphatic rings. The lowest BCUT2D eigenvalue weighted by Crippen LogP contribution is -2.48. The monoisotopic (exact) mass is 427 g/mol. The van der Waals surface area contributed by atoms with Gasteiger partial charge < -0.3 is 20.3 Å². The number of hydrogen-bond acceptors (Lipinski definition) is 5. The number of nitrogens with zero attached hydrogens (tertiary/aromatic N) is 1. The number of thioether (sulfide) groups is 1. The summed E-state index contributed by atoms with van der Waals surface area (Å²) in [4.78, 5) is 28.0. The second-order valence-electron chi connectivity index (χ2n) is 7.50. The number of carbonyl (C=O) groups excluding carboxylic acids is 2. The van der Waals surface area contributed by atoms with Gasteiger partial charge in [-0.05, 0) is 56.5 Å². The lowest BCUT2D eigenvalue weighted by molar-refractivity contribution is -0.127. The highest BCUT2D eigenvalue weighted by Gasteiger charge is 2.37. The molecule has 1 aromatic rings. The lowest BCUT2D eigenvalue weighted by Gasteiger charge is -2.37. The van der Waals surface area contributed by atoms with Crippen molar-refractivity contribution in [3.63, 3.8) is 0 Å². The molecule has 1 aromatic carbocycles. The maximum Gasteiger partial charge on any atom is 0.227 e. The summed E-state index contributed by atoms with van der Waals surface area (Å²) in [7, 11) is 1.71. The molecule has 2 N–H and O–H groups in total. The highest BCUT2D eigenvalue weighted by Crippen LogP contribution is 2.30. The SMILES string of the molecule is COCC1(CNC(=O)C2CC(=O)N(c3ccc(SC)cc3)C2)CCNCC1.Cl. The van der Waals surface area contributed by atoms with Crippen LogP contribution < -0.4 is 15.5 Å². The Morgan fingerprint density at radius 2 is 2.00 bits per heavy atom. The van der Waals surface area contributed by atoms with Crippen molar-refractivity contribution in [2.24, 2.45) is 11.3 Å². The number of nitrogens with one attached hydrogen (secondary N) is 2. The maximum absolute atomic E-state index is 12.7. The van der Waals surface area contributed by atoms with Crippen molar-refractivity contribution >= 4 is 41.7 Å². The minimum atomic E-state index is -0.293. The minimum absolute atomic E-state index is 0. The van der Waals surface area contributed by atoms with Gasteiger partial charge in [0.25, 0.3) is 0 Å². The van der Waals surface area contributed by atoms with E-state index in [2.05, 4.69) is 10.6 Å². The molecule has 2 fully saturated rings. The first kappa shape index (κ1) is 23.0. The fourth-order valence-corrected chi connectivity index (χ4v) is 4.36. The van der Waals surface area contributed by atoms with Gasteiger partial charge in [0.05, 0.1) is 12.5 Å². The van der Waals surface area contributed by atoms with Crippen molar-refractivity contribution in [3.05, 3.63) is 24.3 Å². The van der Waals surface area contributed by atoms with Crippen LogP contribution in [-0.2, 0) is 14.3 Å². The van der Waals surface area contributed by atoms with Crippen LogP contribution in [0.5, 0.6) is 0 Å². The molecule has 0 radical (unpaired) electrons. The molecule has 0 spiro atoms. The zero-order chi connectivity index (χ0) is 19.3. The quantitative estimate of drug-likeness (QED) is 0.653. The molecule has 0 saturated carbocycles. The second-order valence-corrected chi connectivity index (χ2v) is 8.38. The van der Waals surface area contributed by atoms with Crippen molar-refractivity contribution < 1.29 is 14.3 Å². The Labute approximate surface area is 177 Å². The minimum Gasteiger partial charge on any atom is -0.384 e. The average Bonchev–Trinajstić information content (AvgIpc) is 3.09. The fraction of sp³-hybridized carbons (Fsp3) is 0.600. The van der Waals surface area contributed by atoms with E-state index in [1.165, 1.54) is 0 Å². The van der Waals surface area contributed by atoms with Crippen LogP contribution in [0.4, 0.5) is 5.69 Å². The van der Waals surface area contributed by atoms with Crippen LogP contribution in [0.2, 0.25) is 0 Å². The van der Waals surface area contributed by atoms with E-state index in [9.17, 15) is 9.59 Å². The molecular formula is C20H30ClN3O3S. The molecule has 2 saturated heterocycles. The summed E-state index contributed by atoms with van der Waals surface area (Å²) in [5.41, 5.74) is 0.855. The topological polar surface area (TPSA) is 70.7 Å². The van der Waals surface area contributed by atoms with Crippen molar-refractivity contribution in [2.75, 3.05) is 51.1 Å². The Morgan fingerprint density at radius 3 is 2.61 bits per heavy atom. The highest BCUT2D eigenvalue weighted by molar-refractivity contribution is 7.98. The van der Waals surface area contributed by atoms with Crippen LogP contribution >= 0.6 is 24.2 Å². The van der Waals surface area contributed by atoms with E-state index >= 15 is 0 Å². The third kappa shape index (κ3) is 5.41. The van der Waals surface area contributed by atoms with E-state index in [0.29, 0.717) is 19.7 Å². The van der Waals surface area contributed by atoms with Crippen LogP contribution in [0.25, 0.3) is 0 Å². The summed E-state index contributed by atoms with van der Waals surface area (Å²) in [5.74, 6) is -0.305. The Balaban J connectivity index is 0.00000280. The average molecular weight is 428 g/mol. The van der Waals surface area contributed by atoms with Gasteiger partial charge in [0.2, 0.25) is 11.8 Å². The Kier molecular flexibility index (Phi) is 8.61. The molecule has 3 rings (SSSR count). The fourth-order valence-electron chi connectivity index (χ4n) is 3.95. The normalized spacial score (nSPS) is 21.3. The molecule has 1 unspecified atom stereocenters. The summed E-state index contributed by atoms with van der Waals surface area (Å²) < 4.78 is 5.41. The molecule has 0 aromatic heterocycles. The molecule has 156 valence electrons. The largest absolute Gasteiger partial charge is 0.384 e. The first-order chi connectivity index (χ1) is 13.1. The van der Waals surface area contributed by atoms with E-state index in [0.717, 1.165) is 36.5 Å². The predicted octanol–water partition coefficient (Wildman–Crippen LogP) is 2.32. The van der Waals surface area contributed by atoms with Crippen LogP contribution in [-0.4, -0.2) is 58.0 Å². The highest BCUT2D eigenvalue weighted by atomic mass is 35.5. The molecule has 28 heavy (non-hydrogen) atoms. The number of rotatable bonds is 7. The number of ether oxygens (including phenoxy) is 1. The standard InChI is InChI=1S/C20H29N3O3S.ClH/c1-26-14-20(7-9-21-10-8-20)13-22-19(25)15-11-18(24)23(12-15)16-3-5-17(27-2)6-4-16;/h3-6,15,21H,7-14H2,1-2H3,(H,22,25);1H. The van der Waals surface area contributed by atoms with Crippen LogP contribution in [0.3, 0.4) is 0 Å². The van der Waals surface area contributed by atoms with E-state index in [1.54, 1.807) is 23.8 Å². The number of carbonyl (C=O) groups is 2. The van der Waals surface area contributed by atoms with Crippen LogP contribution in [0.1, 0.15) is 19.3 Å². The Hall–Kier alpha value is -1.28. The van der Waals surface area contributed by atoms with E-state index in [-0.39, 0.29) is 42.0 Å². The third-order valence-corrected chi connectivity index (χ3v) is 6.38. The first-order valence-electron chi connectivity index (χ1n) is 9.49. The lowest BCUT2D eigenvalue weighted by atomic mass is 9.79. The number of piperidine rings is 1. The number of hydrogen-bond donors (Lipinski definition) is 2. The summed E-state index contributed by atoms with van der Waals surface area (Å²) in [6.45, 7) is 3.59. The Bertz CT molecular complexity index is 660. The number of methoxy groups -OCH3 is 1. The number of amides is 2. The molecule has 0 bridgehead atoms. The van der Waals surface area contributed by atoms with Gasteiger partial charge in [-0.3, -0.25) is 9.59 Å². The summed E-state index contributed by atoms with van der Waals surface area (Å²) >= 11 is 1.67. The smallest absolute Gasteiger partial charge is 0.227 e. The summed E-state index contributed by atoms with van der Waals surface area (Å²) in [5, 5.41) is 6.46.